The zero-order valence-electron chi connectivity index (χ0n) is 49.5. The Kier molecular flexibility index (Phi) is 12.4. The molecule has 17 rings (SSSR count). The Morgan fingerprint density at radius 3 is 1.05 bits per heavy atom. The summed E-state index contributed by atoms with van der Waals surface area (Å²) in [6.07, 6.45) is 12.5. The smallest absolute Gasteiger partial charge is 0.159 e. The van der Waals surface area contributed by atoms with Crippen LogP contribution in [0.2, 0.25) is 0 Å². The van der Waals surface area contributed by atoms with Gasteiger partial charge in [-0.25, -0.2) is 0 Å². The summed E-state index contributed by atoms with van der Waals surface area (Å²) in [7, 11) is 0. The Hall–Kier alpha value is -9.64. The van der Waals surface area contributed by atoms with Crippen molar-refractivity contribution in [3.63, 3.8) is 0 Å². The number of hydrogen-bond acceptors (Lipinski definition) is 4. The molecule has 422 valence electrons. The largest absolute Gasteiger partial charge is 0.454 e. The van der Waals surface area contributed by atoms with Crippen molar-refractivity contribution < 1.29 is 8.83 Å². The molecule has 0 aliphatic heterocycles. The molecule has 2 fully saturated rings. The first-order valence-electron chi connectivity index (χ1n) is 31.9. The summed E-state index contributed by atoms with van der Waals surface area (Å²) in [6.45, 7) is 4.50. The van der Waals surface area contributed by atoms with E-state index in [1.165, 1.54) is 141 Å². The summed E-state index contributed by atoms with van der Waals surface area (Å²) in [4.78, 5) is 5.06. The van der Waals surface area contributed by atoms with E-state index in [4.69, 9.17) is 8.83 Å². The lowest BCUT2D eigenvalue weighted by Crippen LogP contribution is -2.29. The van der Waals surface area contributed by atoms with E-state index in [2.05, 4.69) is 266 Å². The van der Waals surface area contributed by atoms with Gasteiger partial charge in [-0.1, -0.05) is 245 Å². The van der Waals surface area contributed by atoms with E-state index in [0.717, 1.165) is 78.0 Å². The standard InChI is InChI=1S/C83H68N2O2/c1-53-27-15-21-47-71(53)84(73-49-25-45-67-65-43-23-41-59(79(65)86-81(67)73)55-29-7-3-8-30-55)75-51-69-77(63-39-19-17-37-61(63)75)78-64-40-20-18-38-62(64)76(52-70(78)83(69,57-33-11-5-12-34-57)58-35-13-6-14-36-58)85(72-48-22-16-28-54(72)2)74-50-26-46-68-66-44-24-42-60(80(66)87-82(68)74)56-31-9-4-10-32-56/h5-6,11-28,33-52,55-56H,3-4,7-10,29-32H2,1-2H3. The van der Waals surface area contributed by atoms with E-state index in [-0.39, 0.29) is 0 Å². The summed E-state index contributed by atoms with van der Waals surface area (Å²) in [5.41, 5.74) is 21.9. The summed E-state index contributed by atoms with van der Waals surface area (Å²) in [5, 5.41) is 9.37. The Morgan fingerprint density at radius 1 is 0.299 bits per heavy atom. The fraction of sp³-hybridized carbons (Fsp3) is 0.181. The van der Waals surface area contributed by atoms with Gasteiger partial charge >= 0.3 is 0 Å². The zero-order valence-corrected chi connectivity index (χ0v) is 49.5. The van der Waals surface area contributed by atoms with E-state index in [9.17, 15) is 0 Å². The number of anilines is 6. The number of para-hydroxylation sites is 6. The summed E-state index contributed by atoms with van der Waals surface area (Å²) >= 11 is 0. The topological polar surface area (TPSA) is 32.8 Å². The van der Waals surface area contributed by atoms with Crippen molar-refractivity contribution in [2.75, 3.05) is 9.80 Å². The van der Waals surface area contributed by atoms with Crippen molar-refractivity contribution in [1.29, 1.82) is 0 Å². The Balaban J connectivity index is 0.981. The Bertz CT molecular complexity index is 4680. The van der Waals surface area contributed by atoms with Gasteiger partial charge in [-0.15, -0.1) is 0 Å². The monoisotopic (exact) mass is 1120 g/mol. The van der Waals surface area contributed by atoms with Crippen LogP contribution in [0.4, 0.5) is 34.1 Å². The molecule has 0 N–H and O–H groups in total. The van der Waals surface area contributed by atoms with Crippen LogP contribution in [0, 0.1) is 13.8 Å². The first kappa shape index (κ1) is 51.8. The molecule has 0 bridgehead atoms. The van der Waals surface area contributed by atoms with E-state index in [1.54, 1.807) is 0 Å². The molecule has 0 atom stereocenters. The van der Waals surface area contributed by atoms with Gasteiger partial charge in [-0.05, 0) is 154 Å². The quantitative estimate of drug-likeness (QED) is 0.137. The van der Waals surface area contributed by atoms with Crippen LogP contribution >= 0.6 is 0 Å². The normalized spacial score (nSPS) is 15.2. The van der Waals surface area contributed by atoms with Crippen molar-refractivity contribution in [1.82, 2.24) is 0 Å². The first-order valence-corrected chi connectivity index (χ1v) is 31.9. The molecule has 0 unspecified atom stereocenters. The van der Waals surface area contributed by atoms with Crippen LogP contribution in [0.5, 0.6) is 0 Å². The molecule has 3 aliphatic carbocycles. The van der Waals surface area contributed by atoms with Crippen LogP contribution < -0.4 is 9.80 Å². The van der Waals surface area contributed by atoms with Gasteiger partial charge < -0.3 is 18.6 Å². The molecule has 2 heterocycles. The van der Waals surface area contributed by atoms with Crippen LogP contribution in [-0.4, -0.2) is 0 Å². The second-order valence-electron chi connectivity index (χ2n) is 25.1. The number of benzene rings is 12. The van der Waals surface area contributed by atoms with Gasteiger partial charge in [-0.2, -0.15) is 0 Å². The number of nitrogens with zero attached hydrogens (tertiary/aromatic N) is 2. The van der Waals surface area contributed by atoms with Gasteiger partial charge in [0.2, 0.25) is 0 Å². The SMILES string of the molecule is Cc1ccccc1N(c1cc2c(c3ccccc13)-c1c(cc(N(c3ccccc3C)c3cccc4c3oc3c(C5CCCCC5)cccc34)c3ccccc13)C2(c1ccccc1)c1ccccc1)c1cccc2c1oc1c(C3CCCCC3)cccc12. The van der Waals surface area contributed by atoms with Crippen LogP contribution in [0.25, 0.3) is 76.5 Å². The molecule has 2 saturated carbocycles. The summed E-state index contributed by atoms with van der Waals surface area (Å²) < 4.78 is 14.9. The lowest BCUT2D eigenvalue weighted by Gasteiger charge is -2.36. The van der Waals surface area contributed by atoms with Gasteiger partial charge in [0, 0.05) is 43.7 Å². The predicted octanol–water partition coefficient (Wildman–Crippen LogP) is 23.8. The number of furan rings is 2. The molecule has 87 heavy (non-hydrogen) atoms. The summed E-state index contributed by atoms with van der Waals surface area (Å²) in [6, 6.07) is 91.4. The maximum Gasteiger partial charge on any atom is 0.159 e. The third-order valence-electron chi connectivity index (χ3n) is 20.4. The molecule has 0 radical (unpaired) electrons. The highest BCUT2D eigenvalue weighted by Crippen LogP contribution is 2.63. The van der Waals surface area contributed by atoms with Gasteiger partial charge in [-0.3, -0.25) is 0 Å². The fourth-order valence-electron chi connectivity index (χ4n) is 16.4. The van der Waals surface area contributed by atoms with E-state index in [1.807, 2.05) is 0 Å². The van der Waals surface area contributed by atoms with Crippen LogP contribution in [0.15, 0.2) is 251 Å². The number of aryl methyl sites for hydroxylation is 2. The Labute approximate surface area is 508 Å². The number of hydrogen-bond donors (Lipinski definition) is 0. The molecule has 0 amide bonds. The molecular weight excluding hydrogens is 1060 g/mol. The maximum atomic E-state index is 7.46. The predicted molar refractivity (Wildman–Crippen MR) is 364 cm³/mol. The highest BCUT2D eigenvalue weighted by Gasteiger charge is 2.49. The molecule has 4 nitrogen and oxygen atoms in total. The molecule has 3 aliphatic rings. The van der Waals surface area contributed by atoms with Gasteiger partial charge in [0.25, 0.3) is 0 Å². The number of fused-ring (bicyclic) bond motifs is 13. The molecule has 0 saturated heterocycles. The summed E-state index contributed by atoms with van der Waals surface area (Å²) in [5.74, 6) is 0.979. The maximum absolute atomic E-state index is 7.46. The third-order valence-corrected chi connectivity index (χ3v) is 20.4. The molecule has 14 aromatic rings. The van der Waals surface area contributed by atoms with Gasteiger partial charge in [0.1, 0.15) is 11.2 Å². The van der Waals surface area contributed by atoms with Crippen LogP contribution in [0.1, 0.15) is 121 Å². The van der Waals surface area contributed by atoms with Crippen molar-refractivity contribution >= 4 is 99.5 Å². The highest BCUT2D eigenvalue weighted by molar-refractivity contribution is 6.21. The average molecular weight is 1130 g/mol. The van der Waals surface area contributed by atoms with Crippen molar-refractivity contribution in [3.05, 3.63) is 287 Å². The second kappa shape index (κ2) is 20.8. The molecule has 4 heteroatoms. The molecule has 0 spiro atoms. The second-order valence-corrected chi connectivity index (χ2v) is 25.1. The van der Waals surface area contributed by atoms with Gasteiger partial charge in [0.05, 0.1) is 28.2 Å². The molecule has 2 aromatic heterocycles. The lowest BCUT2D eigenvalue weighted by molar-refractivity contribution is 0.442. The van der Waals surface area contributed by atoms with Crippen molar-refractivity contribution in [2.45, 2.75) is 95.3 Å². The fourth-order valence-corrected chi connectivity index (χ4v) is 16.4. The minimum Gasteiger partial charge on any atom is -0.454 e. The van der Waals surface area contributed by atoms with E-state index >= 15 is 0 Å². The van der Waals surface area contributed by atoms with E-state index < -0.39 is 5.41 Å². The molecular formula is C83H68N2O2. The van der Waals surface area contributed by atoms with Crippen molar-refractivity contribution in [3.8, 4) is 11.1 Å². The average Bonchev–Trinajstić information content (AvgIpc) is 1.54. The molecule has 12 aromatic carbocycles. The van der Waals surface area contributed by atoms with E-state index in [0.29, 0.717) is 11.8 Å². The van der Waals surface area contributed by atoms with Crippen molar-refractivity contribution in [2.24, 2.45) is 0 Å². The first-order chi connectivity index (χ1) is 43.0. The lowest BCUT2D eigenvalue weighted by atomic mass is 9.67. The Morgan fingerprint density at radius 2 is 0.632 bits per heavy atom. The van der Waals surface area contributed by atoms with Crippen LogP contribution in [-0.2, 0) is 5.41 Å². The van der Waals surface area contributed by atoms with Crippen LogP contribution in [0.3, 0.4) is 0 Å². The minimum atomic E-state index is -0.819. The minimum absolute atomic E-state index is 0.490. The number of rotatable bonds is 10. The third kappa shape index (κ3) is 7.96. The zero-order chi connectivity index (χ0) is 57.7. The highest BCUT2D eigenvalue weighted by atomic mass is 16.3. The van der Waals surface area contributed by atoms with Gasteiger partial charge in [0.15, 0.2) is 11.2 Å².